The van der Waals surface area contributed by atoms with Gasteiger partial charge in [0.15, 0.2) is 0 Å². The van der Waals surface area contributed by atoms with E-state index in [0.717, 1.165) is 42.6 Å². The molecule has 0 spiro atoms. The van der Waals surface area contributed by atoms with E-state index in [2.05, 4.69) is 44.6 Å². The Morgan fingerprint density at radius 1 is 0.967 bits per heavy atom. The van der Waals surface area contributed by atoms with Crippen molar-refractivity contribution in [2.75, 3.05) is 43.4 Å². The number of amides is 2. The Bertz CT molecular complexity index is 1040. The molecule has 0 aliphatic carbocycles. The molecule has 1 unspecified atom stereocenters. The van der Waals surface area contributed by atoms with Crippen LogP contribution in [0.1, 0.15) is 18.5 Å². The number of nitrogens with zero attached hydrogens (tertiary/aromatic N) is 2. The Morgan fingerprint density at radius 3 is 2.43 bits per heavy atom. The fourth-order valence-corrected chi connectivity index (χ4v) is 3.76. The number of rotatable bonds is 4. The SMILES string of the molecule is CC(NC(=O)C(=O)Nc1cccc2[nH]ccc12)c1ccc(N2CCN(C)CC2)cc1. The second-order valence-corrected chi connectivity index (χ2v) is 7.78. The van der Waals surface area contributed by atoms with Crippen molar-refractivity contribution in [3.05, 3.63) is 60.3 Å². The number of anilines is 2. The summed E-state index contributed by atoms with van der Waals surface area (Å²) < 4.78 is 0. The minimum Gasteiger partial charge on any atom is -0.369 e. The molecule has 1 aliphatic heterocycles. The van der Waals surface area contributed by atoms with Crippen LogP contribution >= 0.6 is 0 Å². The highest BCUT2D eigenvalue weighted by Crippen LogP contribution is 2.23. The van der Waals surface area contributed by atoms with Gasteiger partial charge in [-0.15, -0.1) is 0 Å². The number of hydrogen-bond donors (Lipinski definition) is 3. The van der Waals surface area contributed by atoms with Crippen LogP contribution in [0.2, 0.25) is 0 Å². The number of piperazine rings is 1. The van der Waals surface area contributed by atoms with Gasteiger partial charge in [-0.05, 0) is 49.9 Å². The molecule has 1 aliphatic rings. The Hall–Kier alpha value is -3.32. The number of hydrogen-bond acceptors (Lipinski definition) is 4. The third-order valence-electron chi connectivity index (χ3n) is 5.66. The first-order valence-corrected chi connectivity index (χ1v) is 10.2. The van der Waals surface area contributed by atoms with Crippen molar-refractivity contribution < 1.29 is 9.59 Å². The molecule has 0 bridgehead atoms. The van der Waals surface area contributed by atoms with Crippen LogP contribution in [-0.2, 0) is 9.59 Å². The van der Waals surface area contributed by atoms with Gasteiger partial charge >= 0.3 is 11.8 Å². The second kappa shape index (κ2) is 8.59. The van der Waals surface area contributed by atoms with Gasteiger partial charge in [-0.3, -0.25) is 9.59 Å². The first-order valence-electron chi connectivity index (χ1n) is 10.2. The number of benzene rings is 2. The van der Waals surface area contributed by atoms with Crippen LogP contribution < -0.4 is 15.5 Å². The maximum absolute atomic E-state index is 12.4. The summed E-state index contributed by atoms with van der Waals surface area (Å²) in [6.45, 7) is 6.01. The molecule has 1 aromatic heterocycles. The van der Waals surface area contributed by atoms with Crippen LogP contribution in [0.5, 0.6) is 0 Å². The number of nitrogens with one attached hydrogen (secondary N) is 3. The van der Waals surface area contributed by atoms with E-state index in [1.54, 1.807) is 12.3 Å². The molecule has 7 nitrogen and oxygen atoms in total. The van der Waals surface area contributed by atoms with Crippen molar-refractivity contribution >= 4 is 34.1 Å². The van der Waals surface area contributed by atoms with Gasteiger partial charge in [0.2, 0.25) is 0 Å². The van der Waals surface area contributed by atoms with Crippen LogP contribution in [0.25, 0.3) is 10.9 Å². The molecule has 4 rings (SSSR count). The van der Waals surface area contributed by atoms with E-state index in [0.29, 0.717) is 5.69 Å². The lowest BCUT2D eigenvalue weighted by molar-refractivity contribution is -0.136. The molecule has 0 radical (unpaired) electrons. The predicted molar refractivity (Wildman–Crippen MR) is 120 cm³/mol. The maximum atomic E-state index is 12.4. The number of aromatic nitrogens is 1. The van der Waals surface area contributed by atoms with Crippen molar-refractivity contribution in [1.29, 1.82) is 0 Å². The molecule has 0 saturated carbocycles. The van der Waals surface area contributed by atoms with Crippen LogP contribution in [0.3, 0.4) is 0 Å². The van der Waals surface area contributed by atoms with Gasteiger partial charge in [-0.1, -0.05) is 18.2 Å². The number of carbonyl (C=O) groups excluding carboxylic acids is 2. The molecule has 7 heteroatoms. The molecular weight excluding hydrogens is 378 g/mol. The van der Waals surface area contributed by atoms with Gasteiger partial charge in [0.05, 0.1) is 11.7 Å². The molecule has 2 aromatic carbocycles. The van der Waals surface area contributed by atoms with Crippen LogP contribution in [0, 0.1) is 0 Å². The molecule has 156 valence electrons. The van der Waals surface area contributed by atoms with Gasteiger partial charge in [0.1, 0.15) is 0 Å². The summed E-state index contributed by atoms with van der Waals surface area (Å²) in [5.41, 5.74) is 3.66. The molecule has 1 atom stereocenters. The highest BCUT2D eigenvalue weighted by molar-refractivity contribution is 6.40. The Labute approximate surface area is 176 Å². The van der Waals surface area contributed by atoms with Crippen molar-refractivity contribution in [2.24, 2.45) is 0 Å². The molecule has 2 heterocycles. The Kier molecular flexibility index (Phi) is 5.72. The third kappa shape index (κ3) is 4.31. The standard InChI is InChI=1S/C23H27N5O2/c1-16(17-6-8-18(9-7-17)28-14-12-27(2)13-15-28)25-22(29)23(30)26-21-5-3-4-20-19(21)10-11-24-20/h3-11,16,24H,12-15H2,1-2H3,(H,25,29)(H,26,30). The van der Waals surface area contributed by atoms with E-state index >= 15 is 0 Å². The predicted octanol–water partition coefficient (Wildman–Crippen LogP) is 2.74. The zero-order chi connectivity index (χ0) is 21.1. The topological polar surface area (TPSA) is 80.5 Å². The van der Waals surface area contributed by atoms with Crippen LogP contribution in [0.15, 0.2) is 54.7 Å². The number of likely N-dealkylation sites (N-methyl/N-ethyl adjacent to an activating group) is 1. The average Bonchev–Trinajstić information content (AvgIpc) is 3.24. The second-order valence-electron chi connectivity index (χ2n) is 7.78. The van der Waals surface area contributed by atoms with Crippen LogP contribution in [0.4, 0.5) is 11.4 Å². The van der Waals surface area contributed by atoms with Gasteiger partial charge in [0.25, 0.3) is 0 Å². The molecular formula is C23H27N5O2. The van der Waals surface area contributed by atoms with Crippen LogP contribution in [-0.4, -0.2) is 54.9 Å². The van der Waals surface area contributed by atoms with Gasteiger partial charge in [-0.25, -0.2) is 0 Å². The van der Waals surface area contributed by atoms with Crippen molar-refractivity contribution in [3.63, 3.8) is 0 Å². The van der Waals surface area contributed by atoms with E-state index in [9.17, 15) is 9.59 Å². The lowest BCUT2D eigenvalue weighted by Gasteiger charge is -2.34. The first kappa shape index (κ1) is 20.0. The summed E-state index contributed by atoms with van der Waals surface area (Å²) in [5, 5.41) is 6.35. The zero-order valence-corrected chi connectivity index (χ0v) is 17.3. The summed E-state index contributed by atoms with van der Waals surface area (Å²) >= 11 is 0. The van der Waals surface area contributed by atoms with Gasteiger partial charge in [-0.2, -0.15) is 0 Å². The largest absolute Gasteiger partial charge is 0.369 e. The van der Waals surface area contributed by atoms with E-state index in [1.807, 2.05) is 37.3 Å². The number of carbonyl (C=O) groups is 2. The molecule has 1 saturated heterocycles. The van der Waals surface area contributed by atoms with Crippen molar-refractivity contribution in [1.82, 2.24) is 15.2 Å². The van der Waals surface area contributed by atoms with E-state index < -0.39 is 11.8 Å². The number of fused-ring (bicyclic) bond motifs is 1. The summed E-state index contributed by atoms with van der Waals surface area (Å²) in [7, 11) is 2.14. The van der Waals surface area contributed by atoms with E-state index in [1.165, 1.54) is 5.69 Å². The fourth-order valence-electron chi connectivity index (χ4n) is 3.76. The minimum atomic E-state index is -0.676. The zero-order valence-electron chi connectivity index (χ0n) is 17.3. The van der Waals surface area contributed by atoms with E-state index in [-0.39, 0.29) is 6.04 Å². The number of H-pyrrole nitrogens is 1. The summed E-state index contributed by atoms with van der Waals surface area (Å²) in [4.78, 5) is 32.6. The van der Waals surface area contributed by atoms with E-state index in [4.69, 9.17) is 0 Å². The minimum absolute atomic E-state index is 0.271. The quantitative estimate of drug-likeness (QED) is 0.583. The lowest BCUT2D eigenvalue weighted by atomic mass is 10.1. The summed E-state index contributed by atoms with van der Waals surface area (Å²) in [6.07, 6.45) is 1.80. The summed E-state index contributed by atoms with van der Waals surface area (Å²) in [5.74, 6) is -1.33. The molecule has 2 amide bonds. The smallest absolute Gasteiger partial charge is 0.313 e. The highest BCUT2D eigenvalue weighted by Gasteiger charge is 2.19. The number of aromatic amines is 1. The Morgan fingerprint density at radius 2 is 1.70 bits per heavy atom. The van der Waals surface area contributed by atoms with Crippen molar-refractivity contribution in [2.45, 2.75) is 13.0 Å². The third-order valence-corrected chi connectivity index (χ3v) is 5.66. The molecule has 30 heavy (non-hydrogen) atoms. The molecule has 3 aromatic rings. The van der Waals surface area contributed by atoms with Gasteiger partial charge in [0, 0.05) is 49.0 Å². The first-order chi connectivity index (χ1) is 14.5. The fraction of sp³-hybridized carbons (Fsp3) is 0.304. The maximum Gasteiger partial charge on any atom is 0.313 e. The normalized spacial score (nSPS) is 15.7. The van der Waals surface area contributed by atoms with Crippen molar-refractivity contribution in [3.8, 4) is 0 Å². The Balaban J connectivity index is 1.36. The lowest BCUT2D eigenvalue weighted by Crippen LogP contribution is -2.44. The van der Waals surface area contributed by atoms with Gasteiger partial charge < -0.3 is 25.4 Å². The average molecular weight is 406 g/mol. The molecule has 3 N–H and O–H groups in total. The monoisotopic (exact) mass is 405 g/mol. The summed E-state index contributed by atoms with van der Waals surface area (Å²) in [6, 6.07) is 15.3. The highest BCUT2D eigenvalue weighted by atomic mass is 16.2. The molecule has 1 fully saturated rings.